The maximum absolute atomic E-state index is 12.1. The Morgan fingerprint density at radius 1 is 1.39 bits per heavy atom. The van der Waals surface area contributed by atoms with E-state index in [0.29, 0.717) is 15.2 Å². The van der Waals surface area contributed by atoms with Gasteiger partial charge in [0.15, 0.2) is 0 Å². The van der Waals surface area contributed by atoms with Crippen LogP contribution in [-0.2, 0) is 10.5 Å². The van der Waals surface area contributed by atoms with E-state index in [1.54, 1.807) is 11.8 Å². The van der Waals surface area contributed by atoms with Crippen molar-refractivity contribution in [2.75, 3.05) is 5.32 Å². The summed E-state index contributed by atoms with van der Waals surface area (Å²) in [5.74, 6) is 0.562. The highest BCUT2D eigenvalue weighted by Crippen LogP contribution is 2.24. The molecule has 0 atom stereocenters. The van der Waals surface area contributed by atoms with Crippen LogP contribution in [0, 0.1) is 0 Å². The molecule has 8 heteroatoms. The molecule has 2 rings (SSSR count). The molecule has 0 radical (unpaired) electrons. The molecule has 0 aliphatic carbocycles. The molecule has 23 heavy (non-hydrogen) atoms. The van der Waals surface area contributed by atoms with Gasteiger partial charge in [0.05, 0.1) is 4.91 Å². The third-order valence-corrected chi connectivity index (χ3v) is 5.08. The predicted molar refractivity (Wildman–Crippen MR) is 99.3 cm³/mol. The second-order valence-corrected chi connectivity index (χ2v) is 6.96. The highest BCUT2D eigenvalue weighted by molar-refractivity contribution is 8.01. The van der Waals surface area contributed by atoms with Gasteiger partial charge in [0, 0.05) is 17.3 Å². The van der Waals surface area contributed by atoms with Crippen LogP contribution in [0.15, 0.2) is 46.5 Å². The van der Waals surface area contributed by atoms with Crippen LogP contribution in [-0.4, -0.2) is 15.3 Å². The van der Waals surface area contributed by atoms with E-state index in [0.717, 1.165) is 30.5 Å². The van der Waals surface area contributed by atoms with Gasteiger partial charge in [-0.3, -0.25) is 15.3 Å². The molecule has 0 aliphatic rings. The van der Waals surface area contributed by atoms with Crippen LogP contribution in [0.5, 0.6) is 0 Å². The van der Waals surface area contributed by atoms with Gasteiger partial charge in [-0.1, -0.05) is 61.5 Å². The molecular weight excluding hydrogens is 348 g/mol. The minimum absolute atomic E-state index is 0.235. The first kappa shape index (κ1) is 18.0. The fourth-order valence-electron chi connectivity index (χ4n) is 1.67. The van der Waals surface area contributed by atoms with Crippen molar-refractivity contribution in [3.63, 3.8) is 0 Å². The molecule has 1 amide bonds. The molecule has 0 spiro atoms. The molecule has 1 aromatic carbocycles. The van der Waals surface area contributed by atoms with E-state index < -0.39 is 0 Å². The van der Waals surface area contributed by atoms with Crippen molar-refractivity contribution in [2.24, 2.45) is 5.14 Å². The van der Waals surface area contributed by atoms with Gasteiger partial charge < -0.3 is 0 Å². The van der Waals surface area contributed by atoms with E-state index >= 15 is 0 Å². The summed E-state index contributed by atoms with van der Waals surface area (Å²) in [6.07, 6.45) is 3.63. The quantitative estimate of drug-likeness (QED) is 0.416. The van der Waals surface area contributed by atoms with Crippen LogP contribution in [0.25, 0.3) is 0 Å². The van der Waals surface area contributed by atoms with E-state index in [2.05, 4.69) is 26.8 Å². The SMILES string of the molecule is CCCC=C(SN)C(=O)Nc1nc(SCc2ccccc2)ns1. The van der Waals surface area contributed by atoms with Gasteiger partial charge in [0.1, 0.15) is 0 Å². The number of nitrogens with one attached hydrogen (secondary N) is 1. The third kappa shape index (κ3) is 5.98. The van der Waals surface area contributed by atoms with Crippen molar-refractivity contribution in [1.82, 2.24) is 9.36 Å². The lowest BCUT2D eigenvalue weighted by Gasteiger charge is -2.02. The zero-order valence-corrected chi connectivity index (χ0v) is 15.1. The standard InChI is InChI=1S/C15H18N4OS3/c1-2-3-9-12(22-16)13(20)17-14-18-15(19-23-14)21-10-11-7-5-4-6-8-11/h4-9H,2-3,10,16H2,1H3,(H,17,18,19,20). The number of thioether (sulfide) groups is 1. The maximum atomic E-state index is 12.1. The number of benzene rings is 1. The summed E-state index contributed by atoms with van der Waals surface area (Å²) < 4.78 is 4.25. The second kappa shape index (κ2) is 9.71. The lowest BCUT2D eigenvalue weighted by molar-refractivity contribution is -0.112. The van der Waals surface area contributed by atoms with Gasteiger partial charge >= 0.3 is 0 Å². The Kier molecular flexibility index (Phi) is 7.60. The smallest absolute Gasteiger partial charge is 0.264 e. The number of aromatic nitrogens is 2. The Morgan fingerprint density at radius 2 is 2.17 bits per heavy atom. The van der Waals surface area contributed by atoms with Crippen LogP contribution in [0.1, 0.15) is 25.3 Å². The van der Waals surface area contributed by atoms with Crippen LogP contribution in [0.4, 0.5) is 5.13 Å². The first-order chi connectivity index (χ1) is 11.2. The highest BCUT2D eigenvalue weighted by atomic mass is 32.2. The fraction of sp³-hybridized carbons (Fsp3) is 0.267. The number of amides is 1. The molecule has 0 bridgehead atoms. The molecule has 1 heterocycles. The minimum atomic E-state index is -0.235. The summed E-state index contributed by atoms with van der Waals surface area (Å²) in [5, 5.41) is 9.43. The normalized spacial score (nSPS) is 11.5. The molecule has 0 aliphatic heterocycles. The Morgan fingerprint density at radius 3 is 2.87 bits per heavy atom. The van der Waals surface area contributed by atoms with Gasteiger partial charge in [0.2, 0.25) is 10.3 Å². The maximum Gasteiger partial charge on any atom is 0.264 e. The van der Waals surface area contributed by atoms with Crippen LogP contribution in [0.3, 0.4) is 0 Å². The lowest BCUT2D eigenvalue weighted by atomic mass is 10.2. The van der Waals surface area contributed by atoms with Crippen molar-refractivity contribution >= 4 is 46.3 Å². The molecule has 122 valence electrons. The summed E-state index contributed by atoms with van der Waals surface area (Å²) >= 11 is 3.67. The molecule has 5 nitrogen and oxygen atoms in total. The van der Waals surface area contributed by atoms with Crippen molar-refractivity contribution in [1.29, 1.82) is 0 Å². The number of anilines is 1. The summed E-state index contributed by atoms with van der Waals surface area (Å²) in [5.41, 5.74) is 1.21. The van der Waals surface area contributed by atoms with Crippen LogP contribution in [0.2, 0.25) is 0 Å². The summed E-state index contributed by atoms with van der Waals surface area (Å²) in [6, 6.07) is 10.1. The van der Waals surface area contributed by atoms with Gasteiger partial charge in [-0.2, -0.15) is 9.36 Å². The van der Waals surface area contributed by atoms with Gasteiger partial charge in [-0.05, 0) is 23.9 Å². The number of rotatable bonds is 8. The average molecular weight is 367 g/mol. The lowest BCUT2D eigenvalue weighted by Crippen LogP contribution is -2.13. The van der Waals surface area contributed by atoms with Crippen molar-refractivity contribution in [3.05, 3.63) is 46.9 Å². The number of carbonyl (C=O) groups excluding carboxylic acids is 1. The molecule has 2 aromatic rings. The zero-order chi connectivity index (χ0) is 16.5. The Bertz CT molecular complexity index is 658. The van der Waals surface area contributed by atoms with Gasteiger partial charge in [-0.25, -0.2) is 0 Å². The Labute approximate surface area is 148 Å². The van der Waals surface area contributed by atoms with Crippen LogP contribution < -0.4 is 10.5 Å². The first-order valence-corrected chi connectivity index (χ1v) is 9.75. The summed E-state index contributed by atoms with van der Waals surface area (Å²) in [6.45, 7) is 2.05. The molecule has 0 saturated carbocycles. The zero-order valence-electron chi connectivity index (χ0n) is 12.7. The average Bonchev–Trinajstić information content (AvgIpc) is 3.02. The number of carbonyl (C=O) groups is 1. The van der Waals surface area contributed by atoms with E-state index in [1.807, 2.05) is 31.2 Å². The summed E-state index contributed by atoms with van der Waals surface area (Å²) in [7, 11) is 0. The van der Waals surface area contributed by atoms with Gasteiger partial charge in [0.25, 0.3) is 5.91 Å². The summed E-state index contributed by atoms with van der Waals surface area (Å²) in [4.78, 5) is 16.9. The number of hydrogen-bond acceptors (Lipinski definition) is 7. The van der Waals surface area contributed by atoms with Crippen molar-refractivity contribution in [2.45, 2.75) is 30.7 Å². The van der Waals surface area contributed by atoms with Crippen molar-refractivity contribution in [3.8, 4) is 0 Å². The number of nitrogens with zero attached hydrogens (tertiary/aromatic N) is 2. The first-order valence-electron chi connectivity index (χ1n) is 7.11. The molecule has 1 aromatic heterocycles. The number of allylic oxidation sites excluding steroid dienone is 1. The Hall–Kier alpha value is -1.35. The third-order valence-electron chi connectivity index (χ3n) is 2.81. The number of hydrogen-bond donors (Lipinski definition) is 2. The number of unbranched alkanes of at least 4 members (excludes halogenated alkanes) is 1. The van der Waals surface area contributed by atoms with E-state index in [9.17, 15) is 4.79 Å². The highest BCUT2D eigenvalue weighted by Gasteiger charge is 2.12. The topological polar surface area (TPSA) is 80.9 Å². The number of nitrogens with two attached hydrogens (primary N) is 1. The molecule has 0 fully saturated rings. The largest absolute Gasteiger partial charge is 0.296 e. The van der Waals surface area contributed by atoms with E-state index in [-0.39, 0.29) is 5.91 Å². The fourth-order valence-corrected chi connectivity index (χ4v) is 3.54. The monoisotopic (exact) mass is 366 g/mol. The van der Waals surface area contributed by atoms with Gasteiger partial charge in [-0.15, -0.1) is 0 Å². The second-order valence-electron chi connectivity index (χ2n) is 4.59. The predicted octanol–water partition coefficient (Wildman–Crippen LogP) is 4.06. The minimum Gasteiger partial charge on any atom is -0.296 e. The van der Waals surface area contributed by atoms with Crippen LogP contribution >= 0.6 is 35.2 Å². The molecule has 0 unspecified atom stereocenters. The van der Waals surface area contributed by atoms with E-state index in [4.69, 9.17) is 5.14 Å². The van der Waals surface area contributed by atoms with Crippen molar-refractivity contribution < 1.29 is 4.79 Å². The molecule has 0 saturated heterocycles. The van der Waals surface area contributed by atoms with E-state index in [1.165, 1.54) is 17.1 Å². The molecule has 3 N–H and O–H groups in total. The molecular formula is C15H18N4OS3. The Balaban J connectivity index is 1.90.